The van der Waals surface area contributed by atoms with Gasteiger partial charge in [-0.15, -0.1) is 0 Å². The number of rotatable bonds is 4. The fourth-order valence-electron chi connectivity index (χ4n) is 0.899. The number of oxime groups is 1. The van der Waals surface area contributed by atoms with Crippen molar-refractivity contribution in [1.82, 2.24) is 5.48 Å². The lowest BCUT2D eigenvalue weighted by atomic mass is 10.2. The lowest BCUT2D eigenvalue weighted by Crippen LogP contribution is -2.27. The molecule has 1 rings (SSSR count). The van der Waals surface area contributed by atoms with Gasteiger partial charge in [0.1, 0.15) is 0 Å². The monoisotopic (exact) mass is 210 g/mol. The Morgan fingerprint density at radius 2 is 2.07 bits per heavy atom. The van der Waals surface area contributed by atoms with E-state index in [1.54, 1.807) is 30.3 Å². The molecule has 15 heavy (non-hydrogen) atoms. The van der Waals surface area contributed by atoms with Gasteiger partial charge in [0, 0.05) is 5.56 Å². The molecule has 0 saturated heterocycles. The summed E-state index contributed by atoms with van der Waals surface area (Å²) in [5, 5.41) is 19.9. The normalized spacial score (nSPS) is 11.1. The summed E-state index contributed by atoms with van der Waals surface area (Å²) in [5.74, 6) is -1.07. The number of aliphatic carboxylic acids is 1. The van der Waals surface area contributed by atoms with Crippen molar-refractivity contribution < 1.29 is 19.9 Å². The average molecular weight is 210 g/mol. The van der Waals surface area contributed by atoms with Crippen LogP contribution in [-0.4, -0.2) is 28.7 Å². The van der Waals surface area contributed by atoms with Crippen LogP contribution in [0, 0.1) is 0 Å². The van der Waals surface area contributed by atoms with Gasteiger partial charge in [0.25, 0.3) is 0 Å². The lowest BCUT2D eigenvalue weighted by Gasteiger charge is -2.06. The summed E-state index contributed by atoms with van der Waals surface area (Å²) in [5.41, 5.74) is 2.82. The molecule has 0 aliphatic heterocycles. The smallest absolute Gasteiger partial charge is 0.332 e. The Labute approximate surface area is 85.7 Å². The van der Waals surface area contributed by atoms with Gasteiger partial charge >= 0.3 is 5.97 Å². The molecule has 0 amide bonds. The zero-order valence-electron chi connectivity index (χ0n) is 7.75. The molecule has 0 heterocycles. The molecule has 3 N–H and O–H groups in total. The summed E-state index contributed by atoms with van der Waals surface area (Å²) in [6.45, 7) is -0.522. The molecule has 0 aliphatic rings. The molecular weight excluding hydrogens is 200 g/mol. The highest BCUT2D eigenvalue weighted by Crippen LogP contribution is 1.98. The summed E-state index contributed by atoms with van der Waals surface area (Å²) in [6.07, 6.45) is 0. The molecule has 1 aromatic rings. The number of carboxylic acids is 1. The van der Waals surface area contributed by atoms with Crippen LogP contribution >= 0.6 is 0 Å². The molecule has 0 atom stereocenters. The number of nitrogens with one attached hydrogen (secondary N) is 1. The topological polar surface area (TPSA) is 91.2 Å². The fraction of sp³-hybridized carbons (Fsp3) is 0.111. The minimum absolute atomic E-state index is 0.0526. The van der Waals surface area contributed by atoms with E-state index in [1.807, 2.05) is 0 Å². The largest absolute Gasteiger partial charge is 0.479 e. The van der Waals surface area contributed by atoms with Gasteiger partial charge in [-0.3, -0.25) is 4.84 Å². The number of nitrogens with zero attached hydrogens (tertiary/aromatic N) is 1. The van der Waals surface area contributed by atoms with E-state index < -0.39 is 12.6 Å². The number of hydrogen-bond acceptors (Lipinski definition) is 4. The number of carbonyl (C=O) groups is 1. The van der Waals surface area contributed by atoms with Crippen LogP contribution in [0.4, 0.5) is 0 Å². The molecule has 6 heteroatoms. The molecule has 6 nitrogen and oxygen atoms in total. The van der Waals surface area contributed by atoms with E-state index in [2.05, 4.69) is 15.5 Å². The summed E-state index contributed by atoms with van der Waals surface area (Å²) in [4.78, 5) is 14.7. The van der Waals surface area contributed by atoms with E-state index in [0.29, 0.717) is 5.56 Å². The summed E-state index contributed by atoms with van der Waals surface area (Å²) >= 11 is 0. The Bertz CT molecular complexity index is 350. The molecule has 0 aromatic heterocycles. The van der Waals surface area contributed by atoms with E-state index >= 15 is 0 Å². The molecule has 0 saturated carbocycles. The van der Waals surface area contributed by atoms with E-state index in [-0.39, 0.29) is 5.84 Å². The van der Waals surface area contributed by atoms with Crippen LogP contribution in [0.25, 0.3) is 0 Å². The third kappa shape index (κ3) is 3.65. The molecule has 0 radical (unpaired) electrons. The first-order valence-corrected chi connectivity index (χ1v) is 4.11. The van der Waals surface area contributed by atoms with Gasteiger partial charge in [-0.25, -0.2) is 10.3 Å². The highest BCUT2D eigenvalue weighted by Gasteiger charge is 2.04. The van der Waals surface area contributed by atoms with E-state index in [0.717, 1.165) is 0 Å². The van der Waals surface area contributed by atoms with Crippen molar-refractivity contribution in [2.75, 3.05) is 6.61 Å². The van der Waals surface area contributed by atoms with Crippen molar-refractivity contribution in [3.63, 3.8) is 0 Å². The SMILES string of the molecule is O=C(O)CONC(=NO)c1ccccc1. The van der Waals surface area contributed by atoms with Crippen molar-refractivity contribution in [3.05, 3.63) is 35.9 Å². The standard InChI is InChI=1S/C9H10N2O4/c12-8(13)6-15-11-9(10-14)7-4-2-1-3-5-7/h1-5,14H,6H2,(H,10,11)(H,12,13). The first kappa shape index (κ1) is 11.0. The van der Waals surface area contributed by atoms with E-state index in [1.165, 1.54) is 0 Å². The van der Waals surface area contributed by atoms with Crippen molar-refractivity contribution in [2.45, 2.75) is 0 Å². The Balaban J connectivity index is 2.55. The van der Waals surface area contributed by atoms with Crippen LogP contribution in [0.1, 0.15) is 5.56 Å². The maximum Gasteiger partial charge on any atom is 0.332 e. The van der Waals surface area contributed by atoms with Crippen molar-refractivity contribution in [3.8, 4) is 0 Å². The van der Waals surface area contributed by atoms with Crippen LogP contribution < -0.4 is 5.48 Å². The highest BCUT2D eigenvalue weighted by atomic mass is 16.7. The second-order valence-electron chi connectivity index (χ2n) is 2.60. The fourth-order valence-corrected chi connectivity index (χ4v) is 0.899. The Hall–Kier alpha value is -2.08. The third-order valence-corrected chi connectivity index (χ3v) is 1.51. The van der Waals surface area contributed by atoms with E-state index in [9.17, 15) is 4.79 Å². The zero-order valence-corrected chi connectivity index (χ0v) is 7.75. The zero-order chi connectivity index (χ0) is 11.1. The van der Waals surface area contributed by atoms with Crippen LogP contribution in [0.3, 0.4) is 0 Å². The molecule has 1 aromatic carbocycles. The van der Waals surface area contributed by atoms with Gasteiger partial charge in [-0.2, -0.15) is 0 Å². The Morgan fingerprint density at radius 1 is 1.40 bits per heavy atom. The molecule has 0 bridgehead atoms. The van der Waals surface area contributed by atoms with Gasteiger partial charge in [0.2, 0.25) is 0 Å². The quantitative estimate of drug-likeness (QED) is 0.290. The maximum atomic E-state index is 10.1. The summed E-state index contributed by atoms with van der Waals surface area (Å²) in [7, 11) is 0. The van der Waals surface area contributed by atoms with Gasteiger partial charge in [-0.05, 0) is 0 Å². The number of benzene rings is 1. The van der Waals surface area contributed by atoms with Crippen LogP contribution in [-0.2, 0) is 9.63 Å². The number of hydroxylamine groups is 1. The molecule has 0 aliphatic carbocycles. The van der Waals surface area contributed by atoms with Crippen LogP contribution in [0.15, 0.2) is 35.5 Å². The van der Waals surface area contributed by atoms with Gasteiger partial charge in [0.15, 0.2) is 12.4 Å². The minimum atomic E-state index is -1.12. The van der Waals surface area contributed by atoms with Crippen molar-refractivity contribution in [1.29, 1.82) is 0 Å². The lowest BCUT2D eigenvalue weighted by molar-refractivity contribution is -0.143. The highest BCUT2D eigenvalue weighted by molar-refractivity contribution is 5.97. The summed E-state index contributed by atoms with van der Waals surface area (Å²) < 4.78 is 0. The molecule has 80 valence electrons. The third-order valence-electron chi connectivity index (χ3n) is 1.51. The van der Waals surface area contributed by atoms with Crippen LogP contribution in [0.5, 0.6) is 0 Å². The second kappa shape index (κ2) is 5.61. The number of carboxylic acid groups (broad SMARTS) is 1. The molecule has 0 fully saturated rings. The van der Waals surface area contributed by atoms with Gasteiger partial charge < -0.3 is 10.3 Å². The Kier molecular flexibility index (Phi) is 4.11. The van der Waals surface area contributed by atoms with Crippen molar-refractivity contribution >= 4 is 11.8 Å². The molecule has 0 unspecified atom stereocenters. The first-order valence-electron chi connectivity index (χ1n) is 4.11. The maximum absolute atomic E-state index is 10.1. The first-order chi connectivity index (χ1) is 7.24. The van der Waals surface area contributed by atoms with Gasteiger partial charge in [-0.1, -0.05) is 35.5 Å². The minimum Gasteiger partial charge on any atom is -0.479 e. The molecule has 0 spiro atoms. The number of amidine groups is 1. The van der Waals surface area contributed by atoms with Crippen molar-refractivity contribution in [2.24, 2.45) is 5.16 Å². The van der Waals surface area contributed by atoms with Crippen LogP contribution in [0.2, 0.25) is 0 Å². The Morgan fingerprint density at radius 3 is 2.60 bits per heavy atom. The predicted octanol–water partition coefficient (Wildman–Crippen LogP) is 0.428. The second-order valence-corrected chi connectivity index (χ2v) is 2.60. The van der Waals surface area contributed by atoms with Gasteiger partial charge in [0.05, 0.1) is 0 Å². The van der Waals surface area contributed by atoms with E-state index in [4.69, 9.17) is 10.3 Å². The summed E-state index contributed by atoms with van der Waals surface area (Å²) in [6, 6.07) is 8.67. The average Bonchev–Trinajstić information content (AvgIpc) is 2.25. The predicted molar refractivity (Wildman–Crippen MR) is 51.5 cm³/mol. The number of hydrogen-bond donors (Lipinski definition) is 3. The molecular formula is C9H10N2O4.